The van der Waals surface area contributed by atoms with Crippen LogP contribution in [0.2, 0.25) is 0 Å². The molecule has 3 aliphatic rings. The van der Waals surface area contributed by atoms with E-state index in [1.807, 2.05) is 0 Å². The van der Waals surface area contributed by atoms with Crippen molar-refractivity contribution in [1.82, 2.24) is 4.90 Å². The Kier molecular flexibility index (Phi) is 9.44. The number of carbonyl (C=O) groups is 2. The third-order valence-corrected chi connectivity index (χ3v) is 14.3. The van der Waals surface area contributed by atoms with Gasteiger partial charge in [-0.2, -0.15) is 0 Å². The lowest BCUT2D eigenvalue weighted by molar-refractivity contribution is -0.144. The van der Waals surface area contributed by atoms with Crippen molar-refractivity contribution in [3.8, 4) is 0 Å². The zero-order valence-corrected chi connectivity index (χ0v) is 26.2. The van der Waals surface area contributed by atoms with Crippen LogP contribution in [-0.4, -0.2) is 79.5 Å². The highest BCUT2D eigenvalue weighted by Gasteiger charge is 2.64. The summed E-state index contributed by atoms with van der Waals surface area (Å²) in [7, 11) is -8.74. The van der Waals surface area contributed by atoms with Crippen molar-refractivity contribution in [1.29, 1.82) is 0 Å². The van der Waals surface area contributed by atoms with Crippen LogP contribution in [0.4, 0.5) is 4.79 Å². The van der Waals surface area contributed by atoms with Crippen LogP contribution in [0.3, 0.4) is 0 Å². The first-order chi connectivity index (χ1) is 17.9. The molecule has 0 spiro atoms. The summed E-state index contributed by atoms with van der Waals surface area (Å²) in [6.07, 6.45) is 3.49. The molecule has 226 valence electrons. The molecular weight excluding hydrogens is 546 g/mol. The maximum atomic E-state index is 13.5. The van der Waals surface area contributed by atoms with Crippen molar-refractivity contribution >= 4 is 31.7 Å². The van der Waals surface area contributed by atoms with Crippen molar-refractivity contribution < 1.29 is 40.6 Å². The maximum absolute atomic E-state index is 13.5. The molecule has 0 aromatic rings. The molecule has 0 bridgehead atoms. The second kappa shape index (κ2) is 11.5. The third-order valence-electron chi connectivity index (χ3n) is 8.40. The molecule has 0 aromatic heterocycles. The zero-order valence-electron chi connectivity index (χ0n) is 24.5. The molecule has 2 saturated heterocycles. The van der Waals surface area contributed by atoms with Crippen LogP contribution in [0.5, 0.6) is 0 Å². The zero-order chi connectivity index (χ0) is 29.4. The predicted octanol–water partition coefficient (Wildman–Crippen LogP) is 4.22. The average molecular weight is 594 g/mol. The van der Waals surface area contributed by atoms with E-state index in [0.717, 1.165) is 32.1 Å². The van der Waals surface area contributed by atoms with E-state index in [9.17, 15) is 26.4 Å². The monoisotopic (exact) mass is 593 g/mol. The summed E-state index contributed by atoms with van der Waals surface area (Å²) in [5.74, 6) is -1.78. The summed E-state index contributed by atoms with van der Waals surface area (Å²) in [6.45, 7) is 12.3. The van der Waals surface area contributed by atoms with Crippen molar-refractivity contribution in [2.24, 2.45) is 11.8 Å². The molecule has 2 aliphatic heterocycles. The molecule has 3 rings (SSSR count). The lowest BCUT2D eigenvalue weighted by atomic mass is 9.75. The van der Waals surface area contributed by atoms with Crippen LogP contribution in [0, 0.1) is 11.8 Å². The van der Waals surface area contributed by atoms with Gasteiger partial charge in [0.1, 0.15) is 11.3 Å². The smallest absolute Gasteiger partial charge is 0.412 e. The van der Waals surface area contributed by atoms with Gasteiger partial charge in [0.15, 0.2) is 19.7 Å². The Bertz CT molecular complexity index is 1080. The topological polar surface area (TPSA) is 133 Å². The van der Waals surface area contributed by atoms with Gasteiger partial charge in [0, 0.05) is 0 Å². The summed E-state index contributed by atoms with van der Waals surface area (Å²) >= 11 is 0. The minimum absolute atomic E-state index is 0.0253. The fraction of sp³-hybridized carbons (Fsp3) is 0.926. The van der Waals surface area contributed by atoms with Gasteiger partial charge in [-0.3, -0.25) is 4.90 Å². The van der Waals surface area contributed by atoms with Gasteiger partial charge in [-0.1, -0.05) is 39.0 Å². The minimum atomic E-state index is -4.37. The summed E-state index contributed by atoms with van der Waals surface area (Å²) in [4.78, 5) is 28.3. The molecule has 1 unspecified atom stereocenters. The molecule has 10 nitrogen and oxygen atoms in total. The molecular formula is C27H47NO9S2. The first-order valence-electron chi connectivity index (χ1n) is 14.2. The standard InChI is InChI=1S/C27H47NO9S2/c1-8-35-23(29)27(38(31,32)17-12-18-39(27,33)34)16-15-21-22(19(2)20-13-10-9-11-14-20)28(26(6,7)36-21)24(30)37-25(3,4)5/h19-22H,8-18H2,1-7H3/t19?,21-,22-/m0/s1. The number of carbonyl (C=O) groups excluding carboxylic acids is 2. The maximum Gasteiger partial charge on any atom is 0.412 e. The molecule has 3 fully saturated rings. The van der Waals surface area contributed by atoms with E-state index in [1.165, 1.54) is 6.92 Å². The minimum Gasteiger partial charge on any atom is -0.464 e. The molecule has 12 heteroatoms. The van der Waals surface area contributed by atoms with Crippen LogP contribution in [0.25, 0.3) is 0 Å². The van der Waals surface area contributed by atoms with Gasteiger partial charge in [0.25, 0.3) is 4.08 Å². The fourth-order valence-corrected chi connectivity index (χ4v) is 12.0. The van der Waals surface area contributed by atoms with Crippen LogP contribution in [0.15, 0.2) is 0 Å². The van der Waals surface area contributed by atoms with Crippen LogP contribution in [-0.2, 0) is 38.7 Å². The van der Waals surface area contributed by atoms with Gasteiger partial charge in [-0.05, 0) is 72.6 Å². The Hall–Kier alpha value is -1.40. The second-order valence-electron chi connectivity index (χ2n) is 12.7. The molecule has 0 N–H and O–H groups in total. The number of hydrogen-bond donors (Lipinski definition) is 0. The van der Waals surface area contributed by atoms with Crippen molar-refractivity contribution in [3.63, 3.8) is 0 Å². The van der Waals surface area contributed by atoms with Crippen LogP contribution < -0.4 is 0 Å². The van der Waals surface area contributed by atoms with Gasteiger partial charge in [0.05, 0.1) is 30.3 Å². The van der Waals surface area contributed by atoms with E-state index in [0.29, 0.717) is 5.92 Å². The predicted molar refractivity (Wildman–Crippen MR) is 147 cm³/mol. The Morgan fingerprint density at radius 1 is 1.00 bits per heavy atom. The third kappa shape index (κ3) is 6.27. The Labute approximate surface area is 234 Å². The average Bonchev–Trinajstić information content (AvgIpc) is 3.07. The molecule has 1 aliphatic carbocycles. The summed E-state index contributed by atoms with van der Waals surface area (Å²) in [5.41, 5.74) is -1.84. The highest BCUT2D eigenvalue weighted by atomic mass is 32.3. The Morgan fingerprint density at radius 3 is 2.08 bits per heavy atom. The quantitative estimate of drug-likeness (QED) is 0.398. The van der Waals surface area contributed by atoms with E-state index in [1.54, 1.807) is 39.5 Å². The number of rotatable bonds is 7. The molecule has 1 saturated carbocycles. The van der Waals surface area contributed by atoms with Crippen LogP contribution >= 0.6 is 0 Å². The van der Waals surface area contributed by atoms with E-state index < -0.39 is 77.2 Å². The molecule has 1 amide bonds. The van der Waals surface area contributed by atoms with E-state index in [-0.39, 0.29) is 25.4 Å². The normalized spacial score (nSPS) is 28.9. The Balaban J connectivity index is 2.03. The highest BCUT2D eigenvalue weighted by Crippen LogP contribution is 2.46. The molecule has 3 atom stereocenters. The summed E-state index contributed by atoms with van der Waals surface area (Å²) < 4.78 is 68.0. The first kappa shape index (κ1) is 32.1. The molecule has 0 aromatic carbocycles. The Morgan fingerprint density at radius 2 is 1.56 bits per heavy atom. The number of esters is 1. The van der Waals surface area contributed by atoms with E-state index in [4.69, 9.17) is 14.2 Å². The molecule has 39 heavy (non-hydrogen) atoms. The lowest BCUT2D eigenvalue weighted by Gasteiger charge is -2.41. The highest BCUT2D eigenvalue weighted by molar-refractivity contribution is 8.12. The number of sulfone groups is 2. The summed E-state index contributed by atoms with van der Waals surface area (Å²) in [5, 5.41) is 0. The van der Waals surface area contributed by atoms with Gasteiger partial charge in [-0.15, -0.1) is 0 Å². The fourth-order valence-electron chi connectivity index (χ4n) is 6.62. The number of hydrogen-bond acceptors (Lipinski definition) is 9. The number of amides is 1. The lowest BCUT2D eigenvalue weighted by Crippen LogP contribution is -2.59. The van der Waals surface area contributed by atoms with Crippen molar-refractivity contribution in [2.45, 2.75) is 127 Å². The van der Waals surface area contributed by atoms with Gasteiger partial charge in [0.2, 0.25) is 0 Å². The number of ether oxygens (including phenoxy) is 3. The van der Waals surface area contributed by atoms with Gasteiger partial charge in [-0.25, -0.2) is 26.4 Å². The SMILES string of the molecule is CCOC(=O)C1(CC[C@@H]2OC(C)(C)N(C(=O)OC(C)(C)C)[C@H]2C(C)C2CCCCC2)S(=O)(=O)CCCS1(=O)=O. The number of nitrogens with zero attached hydrogens (tertiary/aromatic N) is 1. The van der Waals surface area contributed by atoms with Gasteiger partial charge >= 0.3 is 12.1 Å². The molecule has 2 heterocycles. The van der Waals surface area contributed by atoms with E-state index in [2.05, 4.69) is 6.92 Å². The largest absolute Gasteiger partial charge is 0.464 e. The van der Waals surface area contributed by atoms with E-state index >= 15 is 0 Å². The molecule has 0 radical (unpaired) electrons. The van der Waals surface area contributed by atoms with Gasteiger partial charge < -0.3 is 14.2 Å². The second-order valence-corrected chi connectivity index (χ2v) is 17.6. The van der Waals surface area contributed by atoms with Crippen LogP contribution in [0.1, 0.15) is 99.8 Å². The van der Waals surface area contributed by atoms with Crippen molar-refractivity contribution in [3.05, 3.63) is 0 Å². The summed E-state index contributed by atoms with van der Waals surface area (Å²) in [6, 6.07) is -0.494. The van der Waals surface area contributed by atoms with Crippen molar-refractivity contribution in [2.75, 3.05) is 18.1 Å². The first-order valence-corrected chi connectivity index (χ1v) is 17.5.